The second-order valence-electron chi connectivity index (χ2n) is 4.98. The summed E-state index contributed by atoms with van der Waals surface area (Å²) in [5.74, 6) is 1.10. The van der Waals surface area contributed by atoms with Gasteiger partial charge < -0.3 is 15.0 Å². The zero-order valence-electron chi connectivity index (χ0n) is 10.8. The van der Waals surface area contributed by atoms with Crippen LogP contribution in [0.5, 0.6) is 0 Å². The Morgan fingerprint density at radius 3 is 3.21 bits per heavy atom. The average Bonchev–Trinajstić information content (AvgIpc) is 2.88. The Kier molecular flexibility index (Phi) is 3.46. The number of nitrogens with two attached hydrogens (primary N) is 1. The minimum atomic E-state index is 0.534. The summed E-state index contributed by atoms with van der Waals surface area (Å²) in [6.45, 7) is 2.68. The lowest BCUT2D eigenvalue weighted by Crippen LogP contribution is -2.22. The summed E-state index contributed by atoms with van der Waals surface area (Å²) in [5.41, 5.74) is 7.88. The molecule has 1 unspecified atom stereocenters. The number of hydrogen-bond acceptors (Lipinski definition) is 4. The first-order valence-corrected chi connectivity index (χ1v) is 6.63. The number of imidazole rings is 1. The van der Waals surface area contributed by atoms with E-state index in [9.17, 15) is 0 Å². The maximum absolute atomic E-state index is 5.74. The predicted molar refractivity (Wildman–Crippen MR) is 73.4 cm³/mol. The van der Waals surface area contributed by atoms with E-state index in [4.69, 9.17) is 10.5 Å². The van der Waals surface area contributed by atoms with E-state index in [1.165, 1.54) is 6.42 Å². The van der Waals surface area contributed by atoms with Gasteiger partial charge in [-0.25, -0.2) is 9.97 Å². The third-order valence-electron chi connectivity index (χ3n) is 3.50. The molecule has 2 aromatic rings. The molecule has 0 radical (unpaired) electrons. The standard InChI is InChI=1S/C14H18N4O/c15-14-6-12(3-4-17-14)13-7-16-10-18(13)8-11-2-1-5-19-9-11/h3-4,6-7,10-11H,1-2,5,8-9H2,(H2,15,17). The Bertz CT molecular complexity index is 546. The van der Waals surface area contributed by atoms with Gasteiger partial charge in [-0.1, -0.05) is 0 Å². The summed E-state index contributed by atoms with van der Waals surface area (Å²) in [6.07, 6.45) is 7.84. The first-order valence-electron chi connectivity index (χ1n) is 6.63. The van der Waals surface area contributed by atoms with E-state index in [2.05, 4.69) is 14.5 Å². The number of aromatic nitrogens is 3. The van der Waals surface area contributed by atoms with Crippen molar-refractivity contribution in [3.05, 3.63) is 30.9 Å². The lowest BCUT2D eigenvalue weighted by molar-refractivity contribution is 0.0485. The van der Waals surface area contributed by atoms with E-state index in [1.54, 1.807) is 6.20 Å². The summed E-state index contributed by atoms with van der Waals surface area (Å²) in [6, 6.07) is 3.84. The second kappa shape index (κ2) is 5.40. The Labute approximate surface area is 112 Å². The number of nitrogen functional groups attached to an aromatic ring is 1. The van der Waals surface area contributed by atoms with Crippen molar-refractivity contribution in [3.63, 3.8) is 0 Å². The lowest BCUT2D eigenvalue weighted by atomic mass is 10.0. The first-order chi connectivity index (χ1) is 9.33. The Morgan fingerprint density at radius 2 is 2.42 bits per heavy atom. The topological polar surface area (TPSA) is 66.0 Å². The van der Waals surface area contributed by atoms with Crippen LogP contribution in [0.25, 0.3) is 11.3 Å². The Hall–Kier alpha value is -1.88. The van der Waals surface area contributed by atoms with Gasteiger partial charge in [-0.15, -0.1) is 0 Å². The van der Waals surface area contributed by atoms with E-state index < -0.39 is 0 Å². The molecule has 1 atom stereocenters. The minimum Gasteiger partial charge on any atom is -0.384 e. The molecule has 5 nitrogen and oxygen atoms in total. The van der Waals surface area contributed by atoms with Crippen LogP contribution in [0.4, 0.5) is 5.82 Å². The maximum Gasteiger partial charge on any atom is 0.123 e. The van der Waals surface area contributed by atoms with Gasteiger partial charge in [0.15, 0.2) is 0 Å². The highest BCUT2D eigenvalue weighted by Gasteiger charge is 2.16. The smallest absolute Gasteiger partial charge is 0.123 e. The zero-order chi connectivity index (χ0) is 13.1. The quantitative estimate of drug-likeness (QED) is 0.913. The van der Waals surface area contributed by atoms with Gasteiger partial charge in [-0.05, 0) is 25.0 Å². The molecule has 1 saturated heterocycles. The normalized spacial score (nSPS) is 19.5. The highest BCUT2D eigenvalue weighted by molar-refractivity contribution is 5.61. The van der Waals surface area contributed by atoms with Crippen LogP contribution in [0.3, 0.4) is 0 Å². The molecule has 1 aliphatic rings. The van der Waals surface area contributed by atoms with Gasteiger partial charge >= 0.3 is 0 Å². The predicted octanol–water partition coefficient (Wildman–Crippen LogP) is 1.95. The average molecular weight is 258 g/mol. The Balaban J connectivity index is 1.81. The van der Waals surface area contributed by atoms with Crippen LogP contribution in [0.15, 0.2) is 30.9 Å². The van der Waals surface area contributed by atoms with Gasteiger partial charge in [-0.2, -0.15) is 0 Å². The number of ether oxygens (including phenoxy) is 1. The molecule has 0 amide bonds. The third kappa shape index (κ3) is 2.76. The van der Waals surface area contributed by atoms with E-state index >= 15 is 0 Å². The second-order valence-corrected chi connectivity index (χ2v) is 4.98. The number of hydrogen-bond donors (Lipinski definition) is 1. The van der Waals surface area contributed by atoms with Gasteiger partial charge in [0.05, 0.1) is 24.8 Å². The third-order valence-corrected chi connectivity index (χ3v) is 3.50. The van der Waals surface area contributed by atoms with Crippen LogP contribution >= 0.6 is 0 Å². The first kappa shape index (κ1) is 12.2. The summed E-state index contributed by atoms with van der Waals surface area (Å²) in [4.78, 5) is 8.28. The molecule has 2 N–H and O–H groups in total. The van der Waals surface area contributed by atoms with Crippen molar-refractivity contribution in [3.8, 4) is 11.3 Å². The maximum atomic E-state index is 5.74. The molecule has 0 saturated carbocycles. The fourth-order valence-corrected chi connectivity index (χ4v) is 2.54. The van der Waals surface area contributed by atoms with Crippen LogP contribution in [0, 0.1) is 5.92 Å². The van der Waals surface area contributed by atoms with Crippen molar-refractivity contribution >= 4 is 5.82 Å². The van der Waals surface area contributed by atoms with Crippen molar-refractivity contribution in [2.45, 2.75) is 19.4 Å². The van der Waals surface area contributed by atoms with Crippen molar-refractivity contribution < 1.29 is 4.74 Å². The van der Waals surface area contributed by atoms with E-state index in [0.29, 0.717) is 11.7 Å². The van der Waals surface area contributed by atoms with Gasteiger partial charge in [0, 0.05) is 30.8 Å². The number of nitrogens with zero attached hydrogens (tertiary/aromatic N) is 3. The SMILES string of the molecule is Nc1cc(-c2cncn2CC2CCCOC2)ccn1. The van der Waals surface area contributed by atoms with Crippen LogP contribution in [-0.2, 0) is 11.3 Å². The molecule has 3 heterocycles. The molecule has 5 heteroatoms. The van der Waals surface area contributed by atoms with Gasteiger partial charge in [0.2, 0.25) is 0 Å². The fraction of sp³-hybridized carbons (Fsp3) is 0.429. The fourth-order valence-electron chi connectivity index (χ4n) is 2.54. The molecule has 0 aromatic carbocycles. The van der Waals surface area contributed by atoms with Crippen molar-refractivity contribution in [1.29, 1.82) is 0 Å². The Morgan fingerprint density at radius 1 is 1.47 bits per heavy atom. The number of anilines is 1. The van der Waals surface area contributed by atoms with E-state index in [1.807, 2.05) is 24.7 Å². The van der Waals surface area contributed by atoms with E-state index in [-0.39, 0.29) is 0 Å². The molecule has 0 spiro atoms. The molecule has 0 bridgehead atoms. The summed E-state index contributed by atoms with van der Waals surface area (Å²) in [5, 5.41) is 0. The lowest BCUT2D eigenvalue weighted by Gasteiger charge is -2.23. The summed E-state index contributed by atoms with van der Waals surface area (Å²) < 4.78 is 7.71. The van der Waals surface area contributed by atoms with Crippen LogP contribution in [-0.4, -0.2) is 27.7 Å². The van der Waals surface area contributed by atoms with Gasteiger partial charge in [-0.3, -0.25) is 0 Å². The van der Waals surface area contributed by atoms with Crippen molar-refractivity contribution in [1.82, 2.24) is 14.5 Å². The molecular formula is C14H18N4O. The highest BCUT2D eigenvalue weighted by atomic mass is 16.5. The highest BCUT2D eigenvalue weighted by Crippen LogP contribution is 2.23. The monoisotopic (exact) mass is 258 g/mol. The van der Waals surface area contributed by atoms with Crippen LogP contribution < -0.4 is 5.73 Å². The molecule has 2 aromatic heterocycles. The van der Waals surface area contributed by atoms with Crippen LogP contribution in [0.1, 0.15) is 12.8 Å². The summed E-state index contributed by atoms with van der Waals surface area (Å²) >= 11 is 0. The number of rotatable bonds is 3. The molecule has 19 heavy (non-hydrogen) atoms. The zero-order valence-corrected chi connectivity index (χ0v) is 10.8. The molecule has 100 valence electrons. The minimum absolute atomic E-state index is 0.534. The summed E-state index contributed by atoms with van der Waals surface area (Å²) in [7, 11) is 0. The molecule has 1 fully saturated rings. The van der Waals surface area contributed by atoms with Crippen molar-refractivity contribution in [2.24, 2.45) is 5.92 Å². The molecular weight excluding hydrogens is 240 g/mol. The molecule has 1 aliphatic heterocycles. The van der Waals surface area contributed by atoms with Crippen molar-refractivity contribution in [2.75, 3.05) is 18.9 Å². The van der Waals surface area contributed by atoms with E-state index in [0.717, 1.165) is 37.4 Å². The van der Waals surface area contributed by atoms with Crippen LogP contribution in [0.2, 0.25) is 0 Å². The molecule has 3 rings (SSSR count). The van der Waals surface area contributed by atoms with Gasteiger partial charge in [0.25, 0.3) is 0 Å². The molecule has 0 aliphatic carbocycles. The largest absolute Gasteiger partial charge is 0.384 e. The van der Waals surface area contributed by atoms with Gasteiger partial charge in [0.1, 0.15) is 5.82 Å². The number of pyridine rings is 1.